The van der Waals surface area contributed by atoms with E-state index in [0.717, 1.165) is 9.87 Å². The van der Waals surface area contributed by atoms with Crippen LogP contribution in [-0.4, -0.2) is 45.5 Å². The molecule has 0 unspecified atom stereocenters. The molecular formula is C19H20BrNO6S. The van der Waals surface area contributed by atoms with Crippen molar-refractivity contribution in [3.63, 3.8) is 0 Å². The van der Waals surface area contributed by atoms with Crippen molar-refractivity contribution in [2.45, 2.75) is 18.4 Å². The zero-order chi connectivity index (χ0) is 20.3. The van der Waals surface area contributed by atoms with Gasteiger partial charge in [0.2, 0.25) is 10.0 Å². The maximum atomic E-state index is 12.5. The maximum Gasteiger partial charge on any atom is 0.321 e. The highest BCUT2D eigenvalue weighted by atomic mass is 79.9. The third-order valence-corrected chi connectivity index (χ3v) is 6.74. The van der Waals surface area contributed by atoms with Gasteiger partial charge in [-0.25, -0.2) is 8.42 Å². The lowest BCUT2D eigenvalue weighted by atomic mass is 10.2. The Morgan fingerprint density at radius 1 is 1.14 bits per heavy atom. The molecule has 0 radical (unpaired) electrons. The average molecular weight is 470 g/mol. The Kier molecular flexibility index (Phi) is 6.26. The molecule has 0 fully saturated rings. The van der Waals surface area contributed by atoms with E-state index in [4.69, 9.17) is 14.2 Å². The fourth-order valence-electron chi connectivity index (χ4n) is 2.58. The number of sulfonamides is 1. The van der Waals surface area contributed by atoms with E-state index in [1.165, 1.54) is 19.2 Å². The number of hydrogen-bond acceptors (Lipinski definition) is 6. The number of esters is 1. The van der Waals surface area contributed by atoms with Crippen LogP contribution in [0.1, 0.15) is 11.1 Å². The molecule has 1 aliphatic rings. The van der Waals surface area contributed by atoms with E-state index in [0.29, 0.717) is 34.7 Å². The van der Waals surface area contributed by atoms with E-state index in [-0.39, 0.29) is 11.5 Å². The first-order chi connectivity index (χ1) is 13.3. The standard InChI is InChI=1S/C19H20BrNO6S/c1-13-3-5-15(6-4-13)28(23,24)21(2)11-19(22)27-12-14-9-17-18(10-16(14)20)26-8-7-25-17/h3-6,9-10H,7-8,11-12H2,1-2H3. The molecule has 28 heavy (non-hydrogen) atoms. The van der Waals surface area contributed by atoms with Gasteiger partial charge in [-0.3, -0.25) is 4.79 Å². The fraction of sp³-hybridized carbons (Fsp3) is 0.316. The number of ether oxygens (including phenoxy) is 3. The second-order valence-electron chi connectivity index (χ2n) is 6.32. The van der Waals surface area contributed by atoms with Gasteiger partial charge in [0.25, 0.3) is 0 Å². The quantitative estimate of drug-likeness (QED) is 0.604. The summed E-state index contributed by atoms with van der Waals surface area (Å²) in [5, 5.41) is 0. The molecule has 150 valence electrons. The molecule has 2 aromatic carbocycles. The largest absolute Gasteiger partial charge is 0.486 e. The molecule has 0 atom stereocenters. The molecule has 3 rings (SSSR count). The predicted octanol–water partition coefficient (Wildman–Crippen LogP) is 2.89. The number of aryl methyl sites for hydroxylation is 1. The summed E-state index contributed by atoms with van der Waals surface area (Å²) in [6, 6.07) is 9.93. The topological polar surface area (TPSA) is 82.1 Å². The molecule has 0 aromatic heterocycles. The molecule has 0 bridgehead atoms. The highest BCUT2D eigenvalue weighted by Crippen LogP contribution is 2.35. The van der Waals surface area contributed by atoms with E-state index in [2.05, 4.69) is 15.9 Å². The minimum absolute atomic E-state index is 0.0194. The predicted molar refractivity (Wildman–Crippen MR) is 106 cm³/mol. The van der Waals surface area contributed by atoms with E-state index in [9.17, 15) is 13.2 Å². The maximum absolute atomic E-state index is 12.5. The van der Waals surface area contributed by atoms with Crippen LogP contribution < -0.4 is 9.47 Å². The van der Waals surface area contributed by atoms with Crippen LogP contribution in [-0.2, 0) is 26.2 Å². The Hall–Kier alpha value is -2.10. The second kappa shape index (κ2) is 8.50. The minimum Gasteiger partial charge on any atom is -0.486 e. The number of benzene rings is 2. The van der Waals surface area contributed by atoms with Crippen LogP contribution in [0.25, 0.3) is 0 Å². The van der Waals surface area contributed by atoms with Gasteiger partial charge in [0, 0.05) is 17.1 Å². The van der Waals surface area contributed by atoms with Crippen molar-refractivity contribution in [2.75, 3.05) is 26.8 Å². The first-order valence-corrected chi connectivity index (χ1v) is 10.8. The normalized spacial score (nSPS) is 13.4. The second-order valence-corrected chi connectivity index (χ2v) is 9.22. The number of halogens is 1. The summed E-state index contributed by atoms with van der Waals surface area (Å²) in [6.45, 7) is 2.39. The van der Waals surface area contributed by atoms with E-state index < -0.39 is 22.5 Å². The van der Waals surface area contributed by atoms with Gasteiger partial charge < -0.3 is 14.2 Å². The summed E-state index contributed by atoms with van der Waals surface area (Å²) < 4.78 is 43.0. The lowest BCUT2D eigenvalue weighted by Crippen LogP contribution is -2.33. The van der Waals surface area contributed by atoms with E-state index in [1.807, 2.05) is 6.92 Å². The summed E-state index contributed by atoms with van der Waals surface area (Å²) in [5.41, 5.74) is 1.65. The smallest absolute Gasteiger partial charge is 0.321 e. The average Bonchev–Trinajstić information content (AvgIpc) is 2.66. The molecule has 1 aliphatic heterocycles. The Bertz CT molecular complexity index is 975. The number of fused-ring (bicyclic) bond motifs is 1. The van der Waals surface area contributed by atoms with Gasteiger partial charge in [0.15, 0.2) is 11.5 Å². The molecular weight excluding hydrogens is 450 g/mol. The monoisotopic (exact) mass is 469 g/mol. The highest BCUT2D eigenvalue weighted by molar-refractivity contribution is 9.10. The Morgan fingerprint density at radius 3 is 2.39 bits per heavy atom. The summed E-state index contributed by atoms with van der Waals surface area (Å²) in [7, 11) is -2.42. The molecule has 0 saturated carbocycles. The highest BCUT2D eigenvalue weighted by Gasteiger charge is 2.24. The summed E-state index contributed by atoms with van der Waals surface area (Å²) in [5.74, 6) is 0.552. The zero-order valence-corrected chi connectivity index (χ0v) is 17.9. The van der Waals surface area contributed by atoms with Gasteiger partial charge in [-0.1, -0.05) is 33.6 Å². The van der Waals surface area contributed by atoms with Gasteiger partial charge in [0.1, 0.15) is 26.4 Å². The summed E-state index contributed by atoms with van der Waals surface area (Å²) in [4.78, 5) is 12.3. The fourth-order valence-corrected chi connectivity index (χ4v) is 4.13. The zero-order valence-electron chi connectivity index (χ0n) is 15.5. The molecule has 2 aromatic rings. The summed E-state index contributed by atoms with van der Waals surface area (Å²) in [6.07, 6.45) is 0. The number of rotatable bonds is 6. The third kappa shape index (κ3) is 4.65. The van der Waals surface area contributed by atoms with Gasteiger partial charge in [-0.05, 0) is 31.2 Å². The van der Waals surface area contributed by atoms with Crippen molar-refractivity contribution in [2.24, 2.45) is 0 Å². The van der Waals surface area contributed by atoms with E-state index >= 15 is 0 Å². The summed E-state index contributed by atoms with van der Waals surface area (Å²) >= 11 is 3.41. The van der Waals surface area contributed by atoms with Gasteiger partial charge in [-0.15, -0.1) is 0 Å². The molecule has 1 heterocycles. The van der Waals surface area contributed by atoms with Crippen LogP contribution in [0.3, 0.4) is 0 Å². The lowest BCUT2D eigenvalue weighted by Gasteiger charge is -2.20. The van der Waals surface area contributed by atoms with Crippen LogP contribution >= 0.6 is 15.9 Å². The molecule has 0 saturated heterocycles. The SMILES string of the molecule is Cc1ccc(S(=O)(=O)N(C)CC(=O)OCc2cc3c(cc2Br)OCCO3)cc1. The first kappa shape index (κ1) is 20.6. The van der Waals surface area contributed by atoms with E-state index in [1.54, 1.807) is 24.3 Å². The van der Waals surface area contributed by atoms with Crippen molar-refractivity contribution in [1.29, 1.82) is 0 Å². The van der Waals surface area contributed by atoms with Crippen molar-refractivity contribution < 1.29 is 27.4 Å². The van der Waals surface area contributed by atoms with Crippen LogP contribution in [0, 0.1) is 6.92 Å². The van der Waals surface area contributed by atoms with Crippen molar-refractivity contribution >= 4 is 31.9 Å². The Labute approximate surface area is 172 Å². The van der Waals surface area contributed by atoms with Gasteiger partial charge in [0.05, 0.1) is 4.90 Å². The van der Waals surface area contributed by atoms with Gasteiger partial charge in [-0.2, -0.15) is 4.31 Å². The number of carbonyl (C=O) groups is 1. The molecule has 0 amide bonds. The van der Waals surface area contributed by atoms with Gasteiger partial charge >= 0.3 is 5.97 Å². The number of carbonyl (C=O) groups excluding carboxylic acids is 1. The molecule has 0 spiro atoms. The third-order valence-electron chi connectivity index (χ3n) is 4.18. The Balaban J connectivity index is 1.62. The van der Waals surface area contributed by atoms with Crippen LogP contribution in [0.5, 0.6) is 11.5 Å². The molecule has 9 heteroatoms. The first-order valence-electron chi connectivity index (χ1n) is 8.54. The molecule has 7 nitrogen and oxygen atoms in total. The Morgan fingerprint density at radius 2 is 1.75 bits per heavy atom. The van der Waals surface area contributed by atoms with Crippen molar-refractivity contribution in [1.82, 2.24) is 4.31 Å². The van der Waals surface area contributed by atoms with Crippen LogP contribution in [0.4, 0.5) is 0 Å². The number of hydrogen-bond donors (Lipinski definition) is 0. The molecule has 0 aliphatic carbocycles. The van der Waals surface area contributed by atoms with Crippen LogP contribution in [0.15, 0.2) is 45.8 Å². The van der Waals surface area contributed by atoms with Crippen molar-refractivity contribution in [3.8, 4) is 11.5 Å². The van der Waals surface area contributed by atoms with Crippen molar-refractivity contribution in [3.05, 3.63) is 52.0 Å². The number of likely N-dealkylation sites (N-methyl/N-ethyl adjacent to an activating group) is 1. The minimum atomic E-state index is -3.77. The molecule has 0 N–H and O–H groups in total. The number of nitrogens with zero attached hydrogens (tertiary/aromatic N) is 1. The van der Waals surface area contributed by atoms with Crippen LogP contribution in [0.2, 0.25) is 0 Å². The lowest BCUT2D eigenvalue weighted by molar-refractivity contribution is -0.144.